The van der Waals surface area contributed by atoms with Crippen LogP contribution < -0.4 is 10.1 Å². The number of rotatable bonds is 4. The van der Waals surface area contributed by atoms with Crippen LogP contribution in [0.1, 0.15) is 16.2 Å². The van der Waals surface area contributed by atoms with Gasteiger partial charge in [-0.2, -0.15) is 0 Å². The molecule has 0 spiro atoms. The quantitative estimate of drug-likeness (QED) is 0.795. The monoisotopic (exact) mass is 336 g/mol. The van der Waals surface area contributed by atoms with Crippen LogP contribution in [0, 0.1) is 0 Å². The van der Waals surface area contributed by atoms with Crippen molar-refractivity contribution in [3.05, 3.63) is 60.0 Å². The molecule has 3 aromatic rings. The molecule has 0 aliphatic carbocycles. The third kappa shape index (κ3) is 3.62. The van der Waals surface area contributed by atoms with Crippen LogP contribution in [0.15, 0.2) is 48.7 Å². The van der Waals surface area contributed by atoms with E-state index in [1.165, 1.54) is 12.1 Å². The van der Waals surface area contributed by atoms with Crippen LogP contribution in [0.3, 0.4) is 0 Å². The van der Waals surface area contributed by atoms with Crippen LogP contribution >= 0.6 is 0 Å². The van der Waals surface area contributed by atoms with Gasteiger partial charge in [-0.1, -0.05) is 6.07 Å². The summed E-state index contributed by atoms with van der Waals surface area (Å²) >= 11 is 0. The summed E-state index contributed by atoms with van der Waals surface area (Å²) in [5.41, 5.74) is 0.855. The molecule has 2 aromatic heterocycles. The van der Waals surface area contributed by atoms with Crippen molar-refractivity contribution >= 4 is 11.6 Å². The summed E-state index contributed by atoms with van der Waals surface area (Å²) in [6, 6.07) is 10.1. The average Bonchev–Trinajstić information content (AvgIpc) is 2.95. The number of amides is 1. The first-order chi connectivity index (χ1) is 11.4. The summed E-state index contributed by atoms with van der Waals surface area (Å²) in [5, 5.41) is 10.6. The van der Waals surface area contributed by atoms with Crippen molar-refractivity contribution in [1.29, 1.82) is 0 Å². The normalized spacial score (nSPS) is 11.5. The summed E-state index contributed by atoms with van der Waals surface area (Å²) in [6.07, 6.45) is -3.00. The van der Waals surface area contributed by atoms with Gasteiger partial charge >= 0.3 is 6.36 Å². The van der Waals surface area contributed by atoms with E-state index in [-0.39, 0.29) is 17.9 Å². The number of alkyl halides is 3. The number of hydrogen-bond acceptors (Lipinski definition) is 4. The number of aromatic nitrogens is 3. The van der Waals surface area contributed by atoms with Crippen LogP contribution in [0.4, 0.5) is 13.2 Å². The molecule has 3 rings (SSSR count). The Balaban J connectivity index is 1.65. The molecular formula is C15H11F3N4O2. The van der Waals surface area contributed by atoms with Gasteiger partial charge in [0, 0.05) is 11.8 Å². The van der Waals surface area contributed by atoms with Crippen LogP contribution in [0.25, 0.3) is 5.65 Å². The zero-order valence-electron chi connectivity index (χ0n) is 12.1. The van der Waals surface area contributed by atoms with E-state index in [0.717, 1.165) is 12.1 Å². The first-order valence-corrected chi connectivity index (χ1v) is 6.85. The Kier molecular flexibility index (Phi) is 4.07. The highest BCUT2D eigenvalue weighted by atomic mass is 19.4. The number of ether oxygens (including phenoxy) is 1. The van der Waals surface area contributed by atoms with Gasteiger partial charge in [-0.15, -0.1) is 23.4 Å². The van der Waals surface area contributed by atoms with Crippen LogP contribution in [0.5, 0.6) is 5.75 Å². The highest BCUT2D eigenvalue weighted by Gasteiger charge is 2.31. The van der Waals surface area contributed by atoms with Crippen LogP contribution in [-0.2, 0) is 6.54 Å². The number of hydrogen-bond donors (Lipinski definition) is 1. The lowest BCUT2D eigenvalue weighted by Crippen LogP contribution is -2.24. The van der Waals surface area contributed by atoms with Gasteiger partial charge in [0.2, 0.25) is 0 Å². The second-order valence-electron chi connectivity index (χ2n) is 4.80. The number of halogens is 3. The standard InChI is InChI=1S/C15H11F3N4O2/c16-15(17,18)24-11-6-4-10(5-7-11)14(23)19-9-13-21-20-12-3-1-2-8-22(12)13/h1-8H,9H2,(H,19,23). The maximum atomic E-state index is 12.1. The van der Waals surface area contributed by atoms with Gasteiger partial charge in [0.15, 0.2) is 11.5 Å². The predicted octanol–water partition coefficient (Wildman–Crippen LogP) is 2.56. The minimum atomic E-state index is -4.77. The molecule has 9 heteroatoms. The zero-order valence-corrected chi connectivity index (χ0v) is 12.1. The van der Waals surface area contributed by atoms with E-state index in [1.54, 1.807) is 22.7 Å². The molecule has 2 heterocycles. The second-order valence-corrected chi connectivity index (χ2v) is 4.80. The van der Waals surface area contributed by atoms with Crippen molar-refractivity contribution < 1.29 is 22.7 Å². The lowest BCUT2D eigenvalue weighted by atomic mass is 10.2. The Morgan fingerprint density at radius 2 is 1.88 bits per heavy atom. The van der Waals surface area contributed by atoms with Gasteiger partial charge < -0.3 is 10.1 Å². The Bertz CT molecular complexity index is 859. The maximum Gasteiger partial charge on any atom is 0.573 e. The van der Waals surface area contributed by atoms with Gasteiger partial charge in [0.05, 0.1) is 6.54 Å². The minimum Gasteiger partial charge on any atom is -0.406 e. The van der Waals surface area contributed by atoms with Crippen molar-refractivity contribution in [3.63, 3.8) is 0 Å². The van der Waals surface area contributed by atoms with E-state index in [1.807, 2.05) is 6.07 Å². The zero-order chi connectivity index (χ0) is 17.2. The molecule has 1 aromatic carbocycles. The molecule has 6 nitrogen and oxygen atoms in total. The van der Waals surface area contributed by atoms with E-state index in [9.17, 15) is 18.0 Å². The first kappa shape index (κ1) is 15.8. The molecule has 0 unspecified atom stereocenters. The first-order valence-electron chi connectivity index (χ1n) is 6.85. The smallest absolute Gasteiger partial charge is 0.406 e. The fourth-order valence-electron chi connectivity index (χ4n) is 2.08. The van der Waals surface area contributed by atoms with Crippen LogP contribution in [-0.4, -0.2) is 26.9 Å². The van der Waals surface area contributed by atoms with Crippen molar-refractivity contribution in [2.24, 2.45) is 0 Å². The molecule has 0 aliphatic rings. The third-order valence-corrected chi connectivity index (χ3v) is 3.14. The third-order valence-electron chi connectivity index (χ3n) is 3.14. The summed E-state index contributed by atoms with van der Waals surface area (Å²) in [4.78, 5) is 12.0. The molecule has 0 bridgehead atoms. The molecule has 24 heavy (non-hydrogen) atoms. The highest BCUT2D eigenvalue weighted by Crippen LogP contribution is 2.22. The van der Waals surface area contributed by atoms with Gasteiger partial charge in [-0.3, -0.25) is 9.20 Å². The summed E-state index contributed by atoms with van der Waals surface area (Å²) in [6.45, 7) is 0.130. The van der Waals surface area contributed by atoms with E-state index in [4.69, 9.17) is 0 Å². The van der Waals surface area contributed by atoms with Crippen molar-refractivity contribution in [2.45, 2.75) is 12.9 Å². The predicted molar refractivity (Wildman–Crippen MR) is 77.3 cm³/mol. The second kappa shape index (κ2) is 6.19. The molecule has 0 aliphatic heterocycles. The maximum absolute atomic E-state index is 12.1. The Labute approximate surface area is 133 Å². The molecular weight excluding hydrogens is 325 g/mol. The fraction of sp³-hybridized carbons (Fsp3) is 0.133. The SMILES string of the molecule is O=C(NCc1nnc2ccccn12)c1ccc(OC(F)(F)F)cc1. The van der Waals surface area contributed by atoms with E-state index in [2.05, 4.69) is 20.3 Å². The van der Waals surface area contributed by atoms with Gasteiger partial charge in [0.25, 0.3) is 5.91 Å². The topological polar surface area (TPSA) is 68.5 Å². The molecule has 0 atom stereocenters. The largest absolute Gasteiger partial charge is 0.573 e. The number of pyridine rings is 1. The summed E-state index contributed by atoms with van der Waals surface area (Å²) in [5.74, 6) is -0.292. The fourth-order valence-corrected chi connectivity index (χ4v) is 2.08. The number of benzene rings is 1. The summed E-state index contributed by atoms with van der Waals surface area (Å²) < 4.78 is 41.7. The van der Waals surface area contributed by atoms with Gasteiger partial charge in [-0.05, 0) is 36.4 Å². The average molecular weight is 336 g/mol. The number of carbonyl (C=O) groups excluding carboxylic acids is 1. The molecule has 1 N–H and O–H groups in total. The number of nitrogens with zero attached hydrogens (tertiary/aromatic N) is 3. The molecule has 0 saturated heterocycles. The number of fused-ring (bicyclic) bond motifs is 1. The molecule has 0 radical (unpaired) electrons. The minimum absolute atomic E-state index is 0.130. The summed E-state index contributed by atoms with van der Waals surface area (Å²) in [7, 11) is 0. The molecule has 0 saturated carbocycles. The Hall–Kier alpha value is -3.10. The lowest BCUT2D eigenvalue weighted by Gasteiger charge is -2.09. The lowest BCUT2D eigenvalue weighted by molar-refractivity contribution is -0.274. The Morgan fingerprint density at radius 1 is 1.12 bits per heavy atom. The number of carbonyl (C=O) groups is 1. The van der Waals surface area contributed by atoms with E-state index in [0.29, 0.717) is 11.5 Å². The molecule has 124 valence electrons. The highest BCUT2D eigenvalue weighted by molar-refractivity contribution is 5.94. The molecule has 0 fully saturated rings. The Morgan fingerprint density at radius 3 is 2.58 bits per heavy atom. The van der Waals surface area contributed by atoms with E-state index >= 15 is 0 Å². The van der Waals surface area contributed by atoms with Gasteiger partial charge in [-0.25, -0.2) is 0 Å². The van der Waals surface area contributed by atoms with Crippen LogP contribution in [0.2, 0.25) is 0 Å². The number of nitrogens with one attached hydrogen (secondary N) is 1. The van der Waals surface area contributed by atoms with Gasteiger partial charge in [0.1, 0.15) is 5.75 Å². The van der Waals surface area contributed by atoms with Crippen molar-refractivity contribution in [3.8, 4) is 5.75 Å². The van der Waals surface area contributed by atoms with E-state index < -0.39 is 12.3 Å². The molecule has 1 amide bonds. The van der Waals surface area contributed by atoms with Crippen molar-refractivity contribution in [1.82, 2.24) is 19.9 Å². The van der Waals surface area contributed by atoms with Crippen molar-refractivity contribution in [2.75, 3.05) is 0 Å².